The van der Waals surface area contributed by atoms with E-state index >= 15 is 0 Å². The monoisotopic (exact) mass is 343 g/mol. The average Bonchev–Trinajstić information content (AvgIpc) is 2.57. The van der Waals surface area contributed by atoms with Gasteiger partial charge in [-0.3, -0.25) is 9.59 Å². The van der Waals surface area contributed by atoms with Crippen LogP contribution >= 0.6 is 0 Å². The van der Waals surface area contributed by atoms with Crippen molar-refractivity contribution in [2.75, 3.05) is 10.6 Å². The fraction of sp³-hybridized carbons (Fsp3) is 0.600. The Morgan fingerprint density at radius 3 is 2.48 bits per heavy atom. The van der Waals surface area contributed by atoms with E-state index in [0.29, 0.717) is 18.3 Å². The molecule has 0 aliphatic heterocycles. The Bertz CT molecular complexity index is 644. The van der Waals surface area contributed by atoms with E-state index < -0.39 is 0 Å². The molecule has 2 aliphatic rings. The zero-order valence-corrected chi connectivity index (χ0v) is 15.2. The highest BCUT2D eigenvalue weighted by molar-refractivity contribution is 5.95. The third-order valence-electron chi connectivity index (χ3n) is 5.88. The van der Waals surface area contributed by atoms with Crippen molar-refractivity contribution in [2.24, 2.45) is 23.5 Å². The Morgan fingerprint density at radius 1 is 1.16 bits per heavy atom. The zero-order chi connectivity index (χ0) is 18.0. The Morgan fingerprint density at radius 2 is 1.84 bits per heavy atom. The summed E-state index contributed by atoms with van der Waals surface area (Å²) in [6, 6.07) is 5.90. The van der Waals surface area contributed by atoms with Gasteiger partial charge in [-0.1, -0.05) is 19.4 Å². The number of hydrogen-bond donors (Lipinski definition) is 3. The van der Waals surface area contributed by atoms with Crippen LogP contribution in [-0.2, 0) is 9.59 Å². The van der Waals surface area contributed by atoms with Gasteiger partial charge in [0.05, 0.1) is 0 Å². The van der Waals surface area contributed by atoms with Gasteiger partial charge >= 0.3 is 0 Å². The second-order valence-electron chi connectivity index (χ2n) is 7.62. The van der Waals surface area contributed by atoms with Crippen molar-refractivity contribution >= 4 is 23.2 Å². The first kappa shape index (κ1) is 17.9. The van der Waals surface area contributed by atoms with Gasteiger partial charge in [0.2, 0.25) is 11.8 Å². The molecule has 2 unspecified atom stereocenters. The molecule has 0 saturated heterocycles. The Balaban J connectivity index is 1.68. The number of hydrogen-bond acceptors (Lipinski definition) is 3. The van der Waals surface area contributed by atoms with Crippen LogP contribution in [0.15, 0.2) is 18.2 Å². The second-order valence-corrected chi connectivity index (χ2v) is 7.62. The summed E-state index contributed by atoms with van der Waals surface area (Å²) in [6.45, 7) is 3.78. The van der Waals surface area contributed by atoms with E-state index in [1.807, 2.05) is 32.0 Å². The predicted molar refractivity (Wildman–Crippen MR) is 100 cm³/mol. The lowest BCUT2D eigenvalue weighted by Gasteiger charge is -2.43. The van der Waals surface area contributed by atoms with E-state index in [1.54, 1.807) is 0 Å². The molecule has 25 heavy (non-hydrogen) atoms. The van der Waals surface area contributed by atoms with Crippen LogP contribution in [0.25, 0.3) is 0 Å². The molecule has 1 aromatic rings. The van der Waals surface area contributed by atoms with Gasteiger partial charge in [-0.25, -0.2) is 0 Å². The number of amides is 2. The molecule has 0 heterocycles. The van der Waals surface area contributed by atoms with Gasteiger partial charge in [0, 0.05) is 29.8 Å². The lowest BCUT2D eigenvalue weighted by molar-refractivity contribution is -0.122. The molecule has 0 spiro atoms. The minimum Gasteiger partial charge on any atom is -0.327 e. The van der Waals surface area contributed by atoms with Crippen molar-refractivity contribution in [1.82, 2.24) is 0 Å². The van der Waals surface area contributed by atoms with Crippen molar-refractivity contribution in [1.29, 1.82) is 0 Å². The minimum absolute atomic E-state index is 0.0322. The number of fused-ring (bicyclic) bond motifs is 2. The SMILES string of the molecule is CCC(=O)Nc1ccc(C)c(NC(=O)C2CC3CCCC(C2)C3N)c1. The van der Waals surface area contributed by atoms with Crippen molar-refractivity contribution < 1.29 is 9.59 Å². The molecule has 2 aliphatic carbocycles. The summed E-state index contributed by atoms with van der Waals surface area (Å²) in [6.07, 6.45) is 5.78. The maximum absolute atomic E-state index is 12.8. The summed E-state index contributed by atoms with van der Waals surface area (Å²) < 4.78 is 0. The third kappa shape index (κ3) is 4.03. The number of benzene rings is 1. The summed E-state index contributed by atoms with van der Waals surface area (Å²) >= 11 is 0. The molecule has 0 radical (unpaired) electrons. The predicted octanol–water partition coefficient (Wildman–Crippen LogP) is 3.44. The van der Waals surface area contributed by atoms with Crippen LogP contribution in [0.1, 0.15) is 51.0 Å². The highest BCUT2D eigenvalue weighted by Crippen LogP contribution is 2.42. The number of rotatable bonds is 4. The van der Waals surface area contributed by atoms with Gasteiger partial charge in [0.1, 0.15) is 0 Å². The lowest BCUT2D eigenvalue weighted by Crippen LogP contribution is -2.48. The molecule has 2 atom stereocenters. The highest BCUT2D eigenvalue weighted by Gasteiger charge is 2.40. The molecule has 4 N–H and O–H groups in total. The van der Waals surface area contributed by atoms with Crippen LogP contribution in [0, 0.1) is 24.7 Å². The zero-order valence-electron chi connectivity index (χ0n) is 15.2. The molecule has 5 heteroatoms. The van der Waals surface area contributed by atoms with Crippen LogP contribution in [0.5, 0.6) is 0 Å². The normalized spacial score (nSPS) is 28.3. The van der Waals surface area contributed by atoms with Gasteiger partial charge < -0.3 is 16.4 Å². The standard InChI is InChI=1S/C20H29N3O2/c1-3-18(24)22-16-8-7-12(2)17(11-16)23-20(25)15-9-13-5-4-6-14(10-15)19(13)21/h7-8,11,13-15,19H,3-6,9-10,21H2,1-2H3,(H,22,24)(H,23,25). The van der Waals surface area contributed by atoms with E-state index in [9.17, 15) is 9.59 Å². The fourth-order valence-electron chi connectivity index (χ4n) is 4.32. The molecular formula is C20H29N3O2. The molecule has 2 fully saturated rings. The van der Waals surface area contributed by atoms with E-state index in [1.165, 1.54) is 6.42 Å². The van der Waals surface area contributed by atoms with Crippen molar-refractivity contribution in [3.63, 3.8) is 0 Å². The minimum atomic E-state index is -0.0322. The van der Waals surface area contributed by atoms with Crippen LogP contribution < -0.4 is 16.4 Å². The van der Waals surface area contributed by atoms with Gasteiger partial charge in [-0.15, -0.1) is 0 Å². The molecule has 3 rings (SSSR count). The smallest absolute Gasteiger partial charge is 0.227 e. The molecule has 2 saturated carbocycles. The van der Waals surface area contributed by atoms with Crippen molar-refractivity contribution in [3.8, 4) is 0 Å². The lowest BCUT2D eigenvalue weighted by atomic mass is 9.65. The van der Waals surface area contributed by atoms with Gasteiger partial charge in [0.25, 0.3) is 0 Å². The molecule has 5 nitrogen and oxygen atoms in total. The van der Waals surface area contributed by atoms with E-state index in [4.69, 9.17) is 5.73 Å². The first-order chi connectivity index (χ1) is 12.0. The maximum Gasteiger partial charge on any atom is 0.227 e. The quantitative estimate of drug-likeness (QED) is 0.783. The molecule has 136 valence electrons. The molecule has 2 amide bonds. The summed E-state index contributed by atoms with van der Waals surface area (Å²) in [4.78, 5) is 24.4. The summed E-state index contributed by atoms with van der Waals surface area (Å²) in [7, 11) is 0. The summed E-state index contributed by atoms with van der Waals surface area (Å²) in [5.74, 6) is 1.07. The number of aryl methyl sites for hydroxylation is 1. The Labute approximate surface area is 149 Å². The summed E-state index contributed by atoms with van der Waals surface area (Å²) in [5.41, 5.74) is 8.82. The van der Waals surface area contributed by atoms with Crippen LogP contribution in [0.2, 0.25) is 0 Å². The Hall–Kier alpha value is -1.88. The van der Waals surface area contributed by atoms with Crippen molar-refractivity contribution in [3.05, 3.63) is 23.8 Å². The summed E-state index contributed by atoms with van der Waals surface area (Å²) in [5, 5.41) is 5.93. The number of carbonyl (C=O) groups excluding carboxylic acids is 2. The fourth-order valence-corrected chi connectivity index (χ4v) is 4.32. The first-order valence-electron chi connectivity index (χ1n) is 9.45. The highest BCUT2D eigenvalue weighted by atomic mass is 16.2. The van der Waals surface area contributed by atoms with Crippen LogP contribution in [0.3, 0.4) is 0 Å². The number of anilines is 2. The molecule has 2 bridgehead atoms. The van der Waals surface area contributed by atoms with E-state index in [2.05, 4.69) is 10.6 Å². The van der Waals surface area contributed by atoms with Crippen LogP contribution in [0.4, 0.5) is 11.4 Å². The van der Waals surface area contributed by atoms with Crippen molar-refractivity contribution in [2.45, 2.75) is 58.4 Å². The Kier molecular flexibility index (Phi) is 5.42. The second kappa shape index (κ2) is 7.56. The molecular weight excluding hydrogens is 314 g/mol. The van der Waals surface area contributed by atoms with Gasteiger partial charge in [0.15, 0.2) is 0 Å². The van der Waals surface area contributed by atoms with Gasteiger partial charge in [-0.2, -0.15) is 0 Å². The largest absolute Gasteiger partial charge is 0.327 e. The first-order valence-corrected chi connectivity index (χ1v) is 9.45. The van der Waals surface area contributed by atoms with Crippen LogP contribution in [-0.4, -0.2) is 17.9 Å². The molecule has 1 aromatic carbocycles. The van der Waals surface area contributed by atoms with E-state index in [-0.39, 0.29) is 23.8 Å². The maximum atomic E-state index is 12.8. The molecule has 0 aromatic heterocycles. The third-order valence-corrected chi connectivity index (χ3v) is 5.88. The van der Waals surface area contributed by atoms with E-state index in [0.717, 1.165) is 42.6 Å². The number of nitrogens with one attached hydrogen (secondary N) is 2. The number of carbonyl (C=O) groups is 2. The average molecular weight is 343 g/mol. The number of nitrogens with two attached hydrogens (primary N) is 1. The van der Waals surface area contributed by atoms with Gasteiger partial charge in [-0.05, 0) is 62.1 Å². The topological polar surface area (TPSA) is 84.2 Å².